The van der Waals surface area contributed by atoms with Gasteiger partial charge in [0.2, 0.25) is 0 Å². The largest absolute Gasteiger partial charge is 0.382 e. The van der Waals surface area contributed by atoms with Crippen molar-refractivity contribution in [2.75, 3.05) is 36.9 Å². The van der Waals surface area contributed by atoms with Gasteiger partial charge in [0, 0.05) is 36.5 Å². The lowest BCUT2D eigenvalue weighted by Crippen LogP contribution is -2.38. The number of aryl methyl sites for hydroxylation is 1. The molecule has 0 aromatic heterocycles. The van der Waals surface area contributed by atoms with E-state index in [-0.39, 0.29) is 0 Å². The Morgan fingerprint density at radius 3 is 2.90 bits per heavy atom. The minimum absolute atomic E-state index is 0.594. The zero-order valence-corrected chi connectivity index (χ0v) is 13.0. The summed E-state index contributed by atoms with van der Waals surface area (Å²) in [6, 6.07) is 8.19. The average molecular weight is 273 g/mol. The third kappa shape index (κ3) is 2.78. The van der Waals surface area contributed by atoms with Gasteiger partial charge in [-0.3, -0.25) is 0 Å². The van der Waals surface area contributed by atoms with Crippen LogP contribution in [0.5, 0.6) is 0 Å². The van der Waals surface area contributed by atoms with Crippen molar-refractivity contribution >= 4 is 11.4 Å². The monoisotopic (exact) mass is 273 g/mol. The van der Waals surface area contributed by atoms with Gasteiger partial charge in [-0.15, -0.1) is 0 Å². The quantitative estimate of drug-likeness (QED) is 0.848. The van der Waals surface area contributed by atoms with Crippen LogP contribution in [0, 0.1) is 0 Å². The summed E-state index contributed by atoms with van der Waals surface area (Å²) in [5, 5.41) is 3.59. The highest BCUT2D eigenvalue weighted by molar-refractivity contribution is 5.62. The van der Waals surface area contributed by atoms with E-state index in [0.29, 0.717) is 12.1 Å². The van der Waals surface area contributed by atoms with Crippen molar-refractivity contribution in [1.29, 1.82) is 0 Å². The molecule has 3 nitrogen and oxygen atoms in total. The molecule has 0 amide bonds. The summed E-state index contributed by atoms with van der Waals surface area (Å²) in [5.41, 5.74) is 4.24. The summed E-state index contributed by atoms with van der Waals surface area (Å²) < 4.78 is 0. The van der Waals surface area contributed by atoms with E-state index in [0.717, 1.165) is 6.54 Å². The van der Waals surface area contributed by atoms with E-state index >= 15 is 0 Å². The molecule has 0 aliphatic carbocycles. The number of likely N-dealkylation sites (N-methyl/N-ethyl adjacent to an activating group) is 1. The third-order valence-corrected chi connectivity index (χ3v) is 4.72. The minimum Gasteiger partial charge on any atom is -0.382 e. The zero-order chi connectivity index (χ0) is 14.1. The second-order valence-electron chi connectivity index (χ2n) is 6.58. The number of benzene rings is 1. The Balaban J connectivity index is 1.83. The van der Waals surface area contributed by atoms with Gasteiger partial charge in [0.1, 0.15) is 0 Å². The maximum atomic E-state index is 3.59. The zero-order valence-electron chi connectivity index (χ0n) is 13.0. The first-order valence-electron chi connectivity index (χ1n) is 7.98. The summed E-state index contributed by atoms with van der Waals surface area (Å²) >= 11 is 0. The molecule has 2 atom stereocenters. The molecule has 2 aliphatic rings. The molecule has 0 radical (unpaired) electrons. The molecule has 3 rings (SSSR count). The molecule has 1 aromatic carbocycles. The number of nitrogens with zero attached hydrogens (tertiary/aromatic N) is 2. The molecule has 110 valence electrons. The summed E-state index contributed by atoms with van der Waals surface area (Å²) in [7, 11) is 2.23. The van der Waals surface area contributed by atoms with Crippen LogP contribution in [0.3, 0.4) is 0 Å². The van der Waals surface area contributed by atoms with Gasteiger partial charge in [0.25, 0.3) is 0 Å². The molecule has 0 spiro atoms. The van der Waals surface area contributed by atoms with Crippen LogP contribution in [0.25, 0.3) is 0 Å². The van der Waals surface area contributed by atoms with Crippen LogP contribution >= 0.6 is 0 Å². The summed E-state index contributed by atoms with van der Waals surface area (Å²) in [5.74, 6) is 0. The Morgan fingerprint density at radius 2 is 2.05 bits per heavy atom. The molecule has 1 aromatic rings. The molecule has 2 aliphatic heterocycles. The molecule has 1 fully saturated rings. The normalized spacial score (nSPS) is 27.6. The van der Waals surface area contributed by atoms with Crippen molar-refractivity contribution in [3.8, 4) is 0 Å². The Morgan fingerprint density at radius 1 is 1.20 bits per heavy atom. The first-order chi connectivity index (χ1) is 9.63. The van der Waals surface area contributed by atoms with E-state index in [9.17, 15) is 0 Å². The molecule has 1 saturated heterocycles. The van der Waals surface area contributed by atoms with E-state index in [1.807, 2.05) is 0 Å². The van der Waals surface area contributed by atoms with Gasteiger partial charge in [-0.1, -0.05) is 0 Å². The van der Waals surface area contributed by atoms with Gasteiger partial charge >= 0.3 is 0 Å². The van der Waals surface area contributed by atoms with Gasteiger partial charge < -0.3 is 15.1 Å². The molecular formula is C17H27N3. The first kappa shape index (κ1) is 13.7. The lowest BCUT2D eigenvalue weighted by atomic mass is 9.98. The number of nitrogens with one attached hydrogen (secondary N) is 1. The van der Waals surface area contributed by atoms with Crippen molar-refractivity contribution < 1.29 is 0 Å². The van der Waals surface area contributed by atoms with Crippen molar-refractivity contribution in [2.24, 2.45) is 0 Å². The average Bonchev–Trinajstić information content (AvgIpc) is 2.59. The van der Waals surface area contributed by atoms with E-state index < -0.39 is 0 Å². The minimum atomic E-state index is 0.594. The molecular weight excluding hydrogens is 246 g/mol. The third-order valence-electron chi connectivity index (χ3n) is 4.72. The predicted molar refractivity (Wildman–Crippen MR) is 86.8 cm³/mol. The fourth-order valence-electron chi connectivity index (χ4n) is 3.57. The van der Waals surface area contributed by atoms with Crippen LogP contribution in [0.1, 0.15) is 32.3 Å². The maximum absolute atomic E-state index is 3.59. The SMILES string of the molecule is CC1CCc2cc(N3CCCN(C)CC3C)ccc2N1. The number of hydrogen-bond acceptors (Lipinski definition) is 3. The Bertz CT molecular complexity index is 471. The van der Waals surface area contributed by atoms with Crippen LogP contribution < -0.4 is 10.2 Å². The summed E-state index contributed by atoms with van der Waals surface area (Å²) in [6.07, 6.45) is 3.71. The predicted octanol–water partition coefficient (Wildman–Crippen LogP) is 2.96. The van der Waals surface area contributed by atoms with E-state index in [1.165, 1.54) is 49.3 Å². The summed E-state index contributed by atoms with van der Waals surface area (Å²) in [4.78, 5) is 5.04. The van der Waals surface area contributed by atoms with Gasteiger partial charge in [-0.25, -0.2) is 0 Å². The van der Waals surface area contributed by atoms with Crippen LogP contribution in [-0.2, 0) is 6.42 Å². The highest BCUT2D eigenvalue weighted by Gasteiger charge is 2.21. The second kappa shape index (κ2) is 5.65. The highest BCUT2D eigenvalue weighted by Crippen LogP contribution is 2.30. The van der Waals surface area contributed by atoms with Crippen LogP contribution in [0.15, 0.2) is 18.2 Å². The summed E-state index contributed by atoms with van der Waals surface area (Å²) in [6.45, 7) is 8.16. The van der Waals surface area contributed by atoms with E-state index in [2.05, 4.69) is 54.2 Å². The van der Waals surface area contributed by atoms with E-state index in [1.54, 1.807) is 0 Å². The molecule has 2 unspecified atom stereocenters. The van der Waals surface area contributed by atoms with Crippen molar-refractivity contribution in [3.05, 3.63) is 23.8 Å². The Hall–Kier alpha value is -1.22. The molecule has 0 bridgehead atoms. The second-order valence-corrected chi connectivity index (χ2v) is 6.58. The first-order valence-corrected chi connectivity index (χ1v) is 7.98. The molecule has 2 heterocycles. The van der Waals surface area contributed by atoms with Crippen LogP contribution in [-0.4, -0.2) is 43.7 Å². The molecule has 20 heavy (non-hydrogen) atoms. The lowest BCUT2D eigenvalue weighted by Gasteiger charge is -2.32. The van der Waals surface area contributed by atoms with Crippen LogP contribution in [0.4, 0.5) is 11.4 Å². The maximum Gasteiger partial charge on any atom is 0.0388 e. The van der Waals surface area contributed by atoms with Crippen molar-refractivity contribution in [2.45, 2.75) is 45.2 Å². The molecule has 0 saturated carbocycles. The van der Waals surface area contributed by atoms with Gasteiger partial charge in [-0.2, -0.15) is 0 Å². The number of fused-ring (bicyclic) bond motifs is 1. The van der Waals surface area contributed by atoms with Gasteiger partial charge in [-0.05, 0) is 70.5 Å². The number of anilines is 2. The topological polar surface area (TPSA) is 18.5 Å². The van der Waals surface area contributed by atoms with Gasteiger partial charge in [0.15, 0.2) is 0 Å². The molecule has 3 heteroatoms. The van der Waals surface area contributed by atoms with Crippen molar-refractivity contribution in [1.82, 2.24) is 4.90 Å². The van der Waals surface area contributed by atoms with Crippen LogP contribution in [0.2, 0.25) is 0 Å². The van der Waals surface area contributed by atoms with E-state index in [4.69, 9.17) is 0 Å². The van der Waals surface area contributed by atoms with Crippen molar-refractivity contribution in [3.63, 3.8) is 0 Å². The Labute approximate surface area is 123 Å². The highest BCUT2D eigenvalue weighted by atomic mass is 15.2. The lowest BCUT2D eigenvalue weighted by molar-refractivity contribution is 0.337. The fraction of sp³-hybridized carbons (Fsp3) is 0.647. The fourth-order valence-corrected chi connectivity index (χ4v) is 3.57. The smallest absolute Gasteiger partial charge is 0.0388 e. The number of hydrogen-bond donors (Lipinski definition) is 1. The van der Waals surface area contributed by atoms with Gasteiger partial charge in [0.05, 0.1) is 0 Å². The Kier molecular flexibility index (Phi) is 3.88. The molecule has 1 N–H and O–H groups in total. The number of rotatable bonds is 1. The standard InChI is InChI=1S/C17H27N3/c1-13-5-6-15-11-16(7-8-17(15)18-13)20-10-4-9-19(3)12-14(20)2/h7-8,11,13-14,18H,4-6,9-10,12H2,1-3H3.